The number of carbonyl (C=O) groups excluding carboxylic acids is 1. The number of hydrogen-bond acceptors (Lipinski definition) is 4. The molecule has 1 atom stereocenters. The number of nitro benzene ring substituents is 1. The first-order valence-electron chi connectivity index (χ1n) is 6.97. The number of nitrogens with zero attached hydrogens (tertiary/aromatic N) is 1. The molecule has 0 aliphatic rings. The highest BCUT2D eigenvalue weighted by Gasteiger charge is 2.12. The van der Waals surface area contributed by atoms with Crippen molar-refractivity contribution in [1.82, 2.24) is 5.32 Å². The van der Waals surface area contributed by atoms with E-state index in [-0.39, 0.29) is 11.8 Å². The molecule has 1 unspecified atom stereocenters. The molecule has 2 amide bonds. The fourth-order valence-corrected chi connectivity index (χ4v) is 2.03. The molecule has 0 saturated carbocycles. The molecule has 2 rings (SSSR count). The van der Waals surface area contributed by atoms with Gasteiger partial charge in [0.2, 0.25) is 0 Å². The maximum atomic E-state index is 11.9. The lowest BCUT2D eigenvalue weighted by Crippen LogP contribution is -2.32. The lowest BCUT2D eigenvalue weighted by molar-refractivity contribution is -0.384. The highest BCUT2D eigenvalue weighted by atomic mass is 16.6. The van der Waals surface area contributed by atoms with Crippen LogP contribution in [0.3, 0.4) is 0 Å². The van der Waals surface area contributed by atoms with E-state index in [1.807, 2.05) is 30.3 Å². The van der Waals surface area contributed by atoms with Gasteiger partial charge in [-0.15, -0.1) is 0 Å². The normalized spacial score (nSPS) is 11.5. The molecule has 2 N–H and O–H groups in total. The predicted octanol–water partition coefficient (Wildman–Crippen LogP) is 3.10. The van der Waals surface area contributed by atoms with E-state index in [9.17, 15) is 14.9 Å². The number of nitro groups is 1. The predicted molar refractivity (Wildman–Crippen MR) is 86.3 cm³/mol. The second-order valence-corrected chi connectivity index (χ2v) is 4.77. The molecule has 23 heavy (non-hydrogen) atoms. The van der Waals surface area contributed by atoms with Gasteiger partial charge in [-0.05, 0) is 17.7 Å². The minimum absolute atomic E-state index is 0.0283. The third kappa shape index (κ3) is 4.79. The molecule has 2 aromatic rings. The van der Waals surface area contributed by atoms with Gasteiger partial charge in [0.05, 0.1) is 11.0 Å². The number of non-ortho nitro benzene ring substituents is 1. The summed E-state index contributed by atoms with van der Waals surface area (Å²) in [5, 5.41) is 15.9. The fraction of sp³-hybridized carbons (Fsp3) is 0.188. The van der Waals surface area contributed by atoms with E-state index in [0.29, 0.717) is 12.2 Å². The molecular formula is C16H17N3O4. The summed E-state index contributed by atoms with van der Waals surface area (Å²) in [6.07, 6.45) is -0.251. The Labute approximate surface area is 133 Å². The van der Waals surface area contributed by atoms with Crippen molar-refractivity contribution >= 4 is 17.4 Å². The summed E-state index contributed by atoms with van der Waals surface area (Å²) in [5.41, 5.74) is 1.41. The Morgan fingerprint density at radius 3 is 2.39 bits per heavy atom. The molecule has 0 radical (unpaired) electrons. The quantitative estimate of drug-likeness (QED) is 0.632. The van der Waals surface area contributed by atoms with Crippen LogP contribution in [0.4, 0.5) is 16.2 Å². The summed E-state index contributed by atoms with van der Waals surface area (Å²) in [6.45, 7) is 0.305. The van der Waals surface area contributed by atoms with Gasteiger partial charge in [-0.1, -0.05) is 30.3 Å². The van der Waals surface area contributed by atoms with Crippen LogP contribution in [0.1, 0.15) is 11.7 Å². The van der Waals surface area contributed by atoms with Gasteiger partial charge in [-0.2, -0.15) is 0 Å². The number of ether oxygens (including phenoxy) is 1. The van der Waals surface area contributed by atoms with E-state index in [4.69, 9.17) is 4.74 Å². The van der Waals surface area contributed by atoms with Gasteiger partial charge in [0, 0.05) is 31.5 Å². The van der Waals surface area contributed by atoms with Gasteiger partial charge in [-0.25, -0.2) is 4.79 Å². The first-order chi connectivity index (χ1) is 11.1. The summed E-state index contributed by atoms with van der Waals surface area (Å²) in [7, 11) is 1.58. The number of methoxy groups -OCH3 is 1. The maximum Gasteiger partial charge on any atom is 0.319 e. The molecule has 7 nitrogen and oxygen atoms in total. The molecule has 0 aromatic heterocycles. The number of amides is 2. The average molecular weight is 315 g/mol. The number of anilines is 1. The Balaban J connectivity index is 1.88. The standard InChI is InChI=1S/C16H17N3O4/c1-23-15(12-5-3-2-4-6-12)11-17-16(20)18-13-7-9-14(10-8-13)19(21)22/h2-10,15H,11H2,1H3,(H2,17,18,20). The minimum Gasteiger partial charge on any atom is -0.375 e. The number of hydrogen-bond donors (Lipinski definition) is 2. The Bertz CT molecular complexity index is 659. The van der Waals surface area contributed by atoms with Crippen molar-refractivity contribution in [3.63, 3.8) is 0 Å². The summed E-state index contributed by atoms with van der Waals surface area (Å²) < 4.78 is 5.36. The van der Waals surface area contributed by atoms with E-state index < -0.39 is 11.0 Å². The minimum atomic E-state index is -0.493. The highest BCUT2D eigenvalue weighted by molar-refractivity contribution is 5.89. The van der Waals surface area contributed by atoms with Crippen molar-refractivity contribution in [2.75, 3.05) is 19.0 Å². The van der Waals surface area contributed by atoms with E-state index in [2.05, 4.69) is 10.6 Å². The van der Waals surface area contributed by atoms with Crippen LogP contribution in [-0.4, -0.2) is 24.6 Å². The van der Waals surface area contributed by atoms with Gasteiger partial charge in [0.15, 0.2) is 0 Å². The Hall–Kier alpha value is -2.93. The highest BCUT2D eigenvalue weighted by Crippen LogP contribution is 2.16. The number of benzene rings is 2. The average Bonchev–Trinajstić information content (AvgIpc) is 2.57. The Morgan fingerprint density at radius 1 is 1.17 bits per heavy atom. The molecule has 0 aliphatic carbocycles. The zero-order chi connectivity index (χ0) is 16.7. The SMILES string of the molecule is COC(CNC(=O)Nc1ccc([N+](=O)[O-])cc1)c1ccccc1. The van der Waals surface area contributed by atoms with Gasteiger partial charge in [0.25, 0.3) is 5.69 Å². The van der Waals surface area contributed by atoms with Crippen LogP contribution >= 0.6 is 0 Å². The largest absolute Gasteiger partial charge is 0.375 e. The second kappa shape index (κ2) is 7.90. The number of carbonyl (C=O) groups is 1. The molecule has 120 valence electrons. The molecule has 0 saturated heterocycles. The molecule has 0 spiro atoms. The number of rotatable bonds is 6. The molecule has 0 bridgehead atoms. The summed E-state index contributed by atoms with van der Waals surface area (Å²) in [6, 6.07) is 14.8. The first kappa shape index (κ1) is 16.4. The Morgan fingerprint density at radius 2 is 1.83 bits per heavy atom. The van der Waals surface area contributed by atoms with Crippen molar-refractivity contribution in [3.05, 3.63) is 70.3 Å². The molecular weight excluding hydrogens is 298 g/mol. The zero-order valence-corrected chi connectivity index (χ0v) is 12.6. The van der Waals surface area contributed by atoms with Crippen LogP contribution < -0.4 is 10.6 Å². The van der Waals surface area contributed by atoms with Crippen LogP contribution in [-0.2, 0) is 4.74 Å². The lowest BCUT2D eigenvalue weighted by atomic mass is 10.1. The summed E-state index contributed by atoms with van der Waals surface area (Å²) in [4.78, 5) is 21.9. The van der Waals surface area contributed by atoms with Crippen LogP contribution in [0.25, 0.3) is 0 Å². The van der Waals surface area contributed by atoms with E-state index in [0.717, 1.165) is 5.56 Å². The lowest BCUT2D eigenvalue weighted by Gasteiger charge is -2.16. The van der Waals surface area contributed by atoms with Gasteiger partial charge < -0.3 is 15.4 Å². The molecule has 7 heteroatoms. The van der Waals surface area contributed by atoms with Crippen molar-refractivity contribution in [3.8, 4) is 0 Å². The monoisotopic (exact) mass is 315 g/mol. The van der Waals surface area contributed by atoms with Gasteiger partial charge in [-0.3, -0.25) is 10.1 Å². The smallest absolute Gasteiger partial charge is 0.319 e. The van der Waals surface area contributed by atoms with Gasteiger partial charge >= 0.3 is 6.03 Å². The van der Waals surface area contributed by atoms with E-state index >= 15 is 0 Å². The van der Waals surface area contributed by atoms with Crippen LogP contribution in [0.15, 0.2) is 54.6 Å². The zero-order valence-electron chi connectivity index (χ0n) is 12.6. The molecule has 0 heterocycles. The van der Waals surface area contributed by atoms with E-state index in [1.165, 1.54) is 24.3 Å². The van der Waals surface area contributed by atoms with Crippen molar-refractivity contribution in [2.45, 2.75) is 6.10 Å². The van der Waals surface area contributed by atoms with E-state index in [1.54, 1.807) is 7.11 Å². The summed E-state index contributed by atoms with van der Waals surface area (Å²) in [5.74, 6) is 0. The first-order valence-corrected chi connectivity index (χ1v) is 6.97. The fourth-order valence-electron chi connectivity index (χ4n) is 2.03. The van der Waals surface area contributed by atoms with Crippen LogP contribution in [0.5, 0.6) is 0 Å². The topological polar surface area (TPSA) is 93.5 Å². The molecule has 0 fully saturated rings. The third-order valence-corrected chi connectivity index (χ3v) is 3.24. The van der Waals surface area contributed by atoms with Crippen molar-refractivity contribution in [1.29, 1.82) is 0 Å². The number of nitrogens with one attached hydrogen (secondary N) is 2. The van der Waals surface area contributed by atoms with Crippen molar-refractivity contribution in [2.24, 2.45) is 0 Å². The molecule has 2 aromatic carbocycles. The molecule has 0 aliphatic heterocycles. The third-order valence-electron chi connectivity index (χ3n) is 3.24. The summed E-state index contributed by atoms with van der Waals surface area (Å²) >= 11 is 0. The van der Waals surface area contributed by atoms with Crippen molar-refractivity contribution < 1.29 is 14.5 Å². The second-order valence-electron chi connectivity index (χ2n) is 4.77. The van der Waals surface area contributed by atoms with Crippen LogP contribution in [0.2, 0.25) is 0 Å². The van der Waals surface area contributed by atoms with Gasteiger partial charge in [0.1, 0.15) is 0 Å². The van der Waals surface area contributed by atoms with Crippen LogP contribution in [0, 0.1) is 10.1 Å². The maximum absolute atomic E-state index is 11.9. The number of urea groups is 1. The Kier molecular flexibility index (Phi) is 5.65.